The van der Waals surface area contributed by atoms with Crippen molar-refractivity contribution in [3.05, 3.63) is 81.2 Å². The van der Waals surface area contributed by atoms with Crippen molar-refractivity contribution in [3.8, 4) is 5.75 Å². The predicted octanol–water partition coefficient (Wildman–Crippen LogP) is 5.67. The summed E-state index contributed by atoms with van der Waals surface area (Å²) in [5.74, 6) is 0.463. The second kappa shape index (κ2) is 11.6. The van der Waals surface area contributed by atoms with E-state index < -0.39 is 0 Å². The lowest BCUT2D eigenvalue weighted by atomic mass is 10.1. The lowest BCUT2D eigenvalue weighted by Gasteiger charge is -2.13. The Morgan fingerprint density at radius 3 is 2.80 bits per heavy atom. The van der Waals surface area contributed by atoms with Crippen LogP contribution >= 0.6 is 35.3 Å². The van der Waals surface area contributed by atoms with E-state index in [2.05, 4.69) is 41.5 Å². The molecule has 1 aliphatic heterocycles. The number of thiocarbonyl (C=S) groups is 1. The first-order chi connectivity index (χ1) is 16.9. The maximum atomic E-state index is 12.8. The third kappa shape index (κ3) is 6.78. The number of carbonyl (C=O) groups is 2. The summed E-state index contributed by atoms with van der Waals surface area (Å²) in [5, 5.41) is 3.45. The molecule has 2 amide bonds. The average Bonchev–Trinajstić information content (AvgIpc) is 3.39. The maximum absolute atomic E-state index is 12.8. The summed E-state index contributed by atoms with van der Waals surface area (Å²) in [6.45, 7) is 2.46. The number of rotatable bonds is 9. The van der Waals surface area contributed by atoms with Crippen LogP contribution in [0.4, 0.5) is 5.13 Å². The summed E-state index contributed by atoms with van der Waals surface area (Å²) in [7, 11) is 1.60. The molecule has 0 aliphatic carbocycles. The molecule has 180 valence electrons. The van der Waals surface area contributed by atoms with Crippen molar-refractivity contribution in [2.45, 2.75) is 26.2 Å². The first kappa shape index (κ1) is 25.1. The van der Waals surface area contributed by atoms with Gasteiger partial charge in [-0.3, -0.25) is 14.5 Å². The largest absolute Gasteiger partial charge is 0.497 e. The number of anilines is 1. The van der Waals surface area contributed by atoms with Crippen LogP contribution in [0.2, 0.25) is 0 Å². The van der Waals surface area contributed by atoms with E-state index in [0.717, 1.165) is 22.6 Å². The third-order valence-electron chi connectivity index (χ3n) is 5.35. The van der Waals surface area contributed by atoms with E-state index in [-0.39, 0.29) is 18.2 Å². The van der Waals surface area contributed by atoms with Crippen LogP contribution in [0.15, 0.2) is 59.6 Å². The Morgan fingerprint density at radius 2 is 2.03 bits per heavy atom. The van der Waals surface area contributed by atoms with Crippen molar-refractivity contribution in [2.75, 3.05) is 19.0 Å². The molecule has 1 fully saturated rings. The number of aromatic nitrogens is 1. The summed E-state index contributed by atoms with van der Waals surface area (Å²) < 4.78 is 5.74. The smallest absolute Gasteiger partial charge is 0.266 e. The number of nitrogens with zero attached hydrogens (tertiary/aromatic N) is 2. The Balaban J connectivity index is 1.26. The number of thioether (sulfide) groups is 1. The molecule has 0 radical (unpaired) electrons. The molecule has 0 spiro atoms. The number of amides is 2. The zero-order valence-electron chi connectivity index (χ0n) is 19.4. The summed E-state index contributed by atoms with van der Waals surface area (Å²) in [4.78, 5) is 32.8. The van der Waals surface area contributed by atoms with Gasteiger partial charge >= 0.3 is 0 Å². The van der Waals surface area contributed by atoms with Crippen LogP contribution in [0.25, 0.3) is 6.08 Å². The fourth-order valence-electron chi connectivity index (χ4n) is 3.51. The number of nitrogens with one attached hydrogen (secondary N) is 1. The first-order valence-corrected chi connectivity index (χ1v) is 13.1. The molecule has 2 heterocycles. The monoisotopic (exact) mass is 523 g/mol. The average molecular weight is 524 g/mol. The number of benzene rings is 2. The van der Waals surface area contributed by atoms with Gasteiger partial charge < -0.3 is 10.1 Å². The van der Waals surface area contributed by atoms with Crippen LogP contribution in [-0.2, 0) is 16.0 Å². The molecule has 0 unspecified atom stereocenters. The molecule has 0 bridgehead atoms. The highest BCUT2D eigenvalue weighted by Gasteiger charge is 2.31. The molecular formula is C26H25N3O3S3. The molecule has 4 rings (SSSR count). The van der Waals surface area contributed by atoms with Crippen molar-refractivity contribution >= 4 is 62.7 Å². The van der Waals surface area contributed by atoms with E-state index in [4.69, 9.17) is 17.0 Å². The zero-order valence-corrected chi connectivity index (χ0v) is 21.9. The number of hydrogen-bond donors (Lipinski definition) is 1. The Bertz CT molecular complexity index is 1270. The van der Waals surface area contributed by atoms with Gasteiger partial charge in [0.2, 0.25) is 5.91 Å². The number of ether oxygens (including phenoxy) is 1. The molecule has 0 saturated carbocycles. The van der Waals surface area contributed by atoms with Crippen LogP contribution in [0.5, 0.6) is 5.75 Å². The van der Waals surface area contributed by atoms with Gasteiger partial charge in [0.05, 0.1) is 12.0 Å². The van der Waals surface area contributed by atoms with Crippen LogP contribution in [-0.4, -0.2) is 39.7 Å². The maximum Gasteiger partial charge on any atom is 0.266 e. The molecule has 6 nitrogen and oxygen atoms in total. The molecule has 1 saturated heterocycles. The first-order valence-electron chi connectivity index (χ1n) is 11.1. The standard InChI is InChI=1S/C26H25N3O3S3/c1-17-8-10-18(11-9-17)14-21-16-27-25(34-21)28-23(30)7-4-12-29-24(31)22(35-26(29)33)15-19-5-3-6-20(13-19)32-2/h3,5-6,8-11,13,15-16H,4,7,12,14H2,1-2H3,(H,27,28,30). The molecule has 35 heavy (non-hydrogen) atoms. The molecule has 1 N–H and O–H groups in total. The van der Waals surface area contributed by atoms with E-state index in [9.17, 15) is 9.59 Å². The van der Waals surface area contributed by atoms with Crippen LogP contribution in [0.3, 0.4) is 0 Å². The number of carbonyl (C=O) groups excluding carboxylic acids is 2. The van der Waals surface area contributed by atoms with Crippen LogP contribution in [0, 0.1) is 6.92 Å². The molecule has 9 heteroatoms. The minimum absolute atomic E-state index is 0.126. The Hall–Kier alpha value is -3.01. The van der Waals surface area contributed by atoms with Crippen molar-refractivity contribution in [1.29, 1.82) is 0 Å². The molecular weight excluding hydrogens is 499 g/mol. The van der Waals surface area contributed by atoms with Gasteiger partial charge in [0.1, 0.15) is 10.1 Å². The van der Waals surface area contributed by atoms with E-state index in [1.165, 1.54) is 34.2 Å². The van der Waals surface area contributed by atoms with Crippen LogP contribution < -0.4 is 10.1 Å². The predicted molar refractivity (Wildman–Crippen MR) is 147 cm³/mol. The SMILES string of the molecule is COc1cccc(C=C2SC(=S)N(CCCC(=O)Nc3ncc(Cc4ccc(C)cc4)s3)C2=O)c1. The molecule has 2 aromatic carbocycles. The molecule has 1 aliphatic rings. The van der Waals surface area contributed by atoms with Crippen LogP contribution in [0.1, 0.15) is 34.4 Å². The Kier molecular flexibility index (Phi) is 8.33. The van der Waals surface area contributed by atoms with Gasteiger partial charge in [-0.15, -0.1) is 11.3 Å². The number of hydrogen-bond acceptors (Lipinski definition) is 7. The van der Waals surface area contributed by atoms with Gasteiger partial charge in [-0.2, -0.15) is 0 Å². The zero-order chi connectivity index (χ0) is 24.8. The number of thiazole rings is 1. The van der Waals surface area contributed by atoms with Crippen molar-refractivity contribution in [1.82, 2.24) is 9.88 Å². The minimum Gasteiger partial charge on any atom is -0.497 e. The summed E-state index contributed by atoms with van der Waals surface area (Å²) in [6.07, 6.45) is 5.18. The lowest BCUT2D eigenvalue weighted by Crippen LogP contribution is -2.29. The van der Waals surface area contributed by atoms with Crippen molar-refractivity contribution < 1.29 is 14.3 Å². The topological polar surface area (TPSA) is 71.5 Å². The van der Waals surface area contributed by atoms with Gasteiger partial charge in [-0.1, -0.05) is 65.9 Å². The lowest BCUT2D eigenvalue weighted by molar-refractivity contribution is -0.122. The van der Waals surface area contributed by atoms with Gasteiger partial charge in [0, 0.05) is 30.5 Å². The quantitative estimate of drug-likeness (QED) is 0.288. The van der Waals surface area contributed by atoms with E-state index >= 15 is 0 Å². The summed E-state index contributed by atoms with van der Waals surface area (Å²) in [6, 6.07) is 15.9. The number of aryl methyl sites for hydroxylation is 1. The Labute approximate surface area is 218 Å². The third-order valence-corrected chi connectivity index (χ3v) is 7.64. The van der Waals surface area contributed by atoms with Gasteiger partial charge in [-0.05, 0) is 42.7 Å². The fourth-order valence-corrected chi connectivity index (χ4v) is 5.68. The summed E-state index contributed by atoms with van der Waals surface area (Å²) in [5.41, 5.74) is 3.31. The molecule has 1 aromatic heterocycles. The molecule has 3 aromatic rings. The fraction of sp³-hybridized carbons (Fsp3) is 0.231. The van der Waals surface area contributed by atoms with E-state index in [1.807, 2.05) is 30.3 Å². The van der Waals surface area contributed by atoms with E-state index in [0.29, 0.717) is 27.3 Å². The van der Waals surface area contributed by atoms with Crippen molar-refractivity contribution in [2.24, 2.45) is 0 Å². The van der Waals surface area contributed by atoms with Gasteiger partial charge in [0.15, 0.2) is 5.13 Å². The van der Waals surface area contributed by atoms with E-state index in [1.54, 1.807) is 18.2 Å². The highest BCUT2D eigenvalue weighted by atomic mass is 32.2. The minimum atomic E-state index is -0.135. The Morgan fingerprint density at radius 1 is 1.23 bits per heavy atom. The second-order valence-electron chi connectivity index (χ2n) is 8.06. The van der Waals surface area contributed by atoms with Gasteiger partial charge in [-0.25, -0.2) is 4.98 Å². The highest BCUT2D eigenvalue weighted by molar-refractivity contribution is 8.26. The number of methoxy groups -OCH3 is 1. The van der Waals surface area contributed by atoms with Crippen molar-refractivity contribution in [3.63, 3.8) is 0 Å². The molecule has 0 atom stereocenters. The normalized spacial score (nSPS) is 14.6. The summed E-state index contributed by atoms with van der Waals surface area (Å²) >= 11 is 8.15. The van der Waals surface area contributed by atoms with Gasteiger partial charge in [0.25, 0.3) is 5.91 Å². The highest BCUT2D eigenvalue weighted by Crippen LogP contribution is 2.33. The second-order valence-corrected chi connectivity index (χ2v) is 10.8.